The second-order valence-corrected chi connectivity index (χ2v) is 7.47. The van der Waals surface area contributed by atoms with E-state index in [1.54, 1.807) is 31.2 Å². The van der Waals surface area contributed by atoms with Crippen LogP contribution in [0.25, 0.3) is 0 Å². The molecule has 4 N–H and O–H groups in total. The fourth-order valence-corrected chi connectivity index (χ4v) is 2.78. The van der Waals surface area contributed by atoms with Gasteiger partial charge in [-0.2, -0.15) is 0 Å². The molecule has 0 spiro atoms. The first-order chi connectivity index (χ1) is 13.7. The molecule has 29 heavy (non-hydrogen) atoms. The van der Waals surface area contributed by atoms with Crippen molar-refractivity contribution in [1.82, 2.24) is 0 Å². The second-order valence-electron chi connectivity index (χ2n) is 7.03. The number of nitrogens with one attached hydrogen (secondary N) is 1. The Morgan fingerprint density at radius 3 is 2.59 bits per heavy atom. The molecule has 0 radical (unpaired) electrons. The Balaban J connectivity index is 3.40. The van der Waals surface area contributed by atoms with Crippen molar-refractivity contribution >= 4 is 23.2 Å². The van der Waals surface area contributed by atoms with Gasteiger partial charge in [0.25, 0.3) is 5.91 Å². The van der Waals surface area contributed by atoms with E-state index in [0.717, 1.165) is 24.8 Å². The number of aliphatic hydroxyl groups is 1. The summed E-state index contributed by atoms with van der Waals surface area (Å²) in [5.41, 5.74) is 7.37. The first-order valence-electron chi connectivity index (χ1n) is 9.96. The molecule has 0 aromatic heterocycles. The number of benzene rings is 1. The second kappa shape index (κ2) is 12.3. The highest BCUT2D eigenvalue weighted by Crippen LogP contribution is 2.29. The van der Waals surface area contributed by atoms with Crippen molar-refractivity contribution in [3.63, 3.8) is 0 Å². The molecule has 1 aromatic rings. The van der Waals surface area contributed by atoms with Crippen molar-refractivity contribution in [3.05, 3.63) is 58.4 Å². The van der Waals surface area contributed by atoms with Crippen LogP contribution in [0.15, 0.2) is 53.3 Å². The number of ether oxygens (including phenoxy) is 1. The highest BCUT2D eigenvalue weighted by Gasteiger charge is 2.19. The summed E-state index contributed by atoms with van der Waals surface area (Å²) in [6, 6.07) is 4.25. The smallest absolute Gasteiger partial charge is 0.259 e. The third-order valence-corrected chi connectivity index (χ3v) is 4.85. The van der Waals surface area contributed by atoms with Crippen LogP contribution in [0, 0.1) is 5.92 Å². The van der Waals surface area contributed by atoms with Crippen molar-refractivity contribution in [2.75, 3.05) is 12.4 Å². The van der Waals surface area contributed by atoms with Gasteiger partial charge in [0.05, 0.1) is 24.4 Å². The molecule has 5 nitrogen and oxygen atoms in total. The lowest BCUT2D eigenvalue weighted by atomic mass is 9.94. The lowest BCUT2D eigenvalue weighted by molar-refractivity contribution is -0.112. The topological polar surface area (TPSA) is 84.6 Å². The van der Waals surface area contributed by atoms with Crippen LogP contribution in [0.3, 0.4) is 0 Å². The summed E-state index contributed by atoms with van der Waals surface area (Å²) in [7, 11) is 1.51. The van der Waals surface area contributed by atoms with Gasteiger partial charge in [-0.1, -0.05) is 50.9 Å². The quantitative estimate of drug-likeness (QED) is 0.254. The molecule has 2 atom stereocenters. The van der Waals surface area contributed by atoms with Gasteiger partial charge in [-0.15, -0.1) is 0 Å². The Morgan fingerprint density at radius 1 is 1.34 bits per heavy atom. The predicted octanol–water partition coefficient (Wildman–Crippen LogP) is 5.78. The van der Waals surface area contributed by atoms with Crippen molar-refractivity contribution in [2.24, 2.45) is 11.7 Å². The minimum atomic E-state index is -0.689. The molecule has 0 bridgehead atoms. The van der Waals surface area contributed by atoms with E-state index in [1.165, 1.54) is 7.11 Å². The van der Waals surface area contributed by atoms with Gasteiger partial charge in [-0.05, 0) is 55.5 Å². The Bertz CT molecular complexity index is 782. The van der Waals surface area contributed by atoms with Gasteiger partial charge in [0.15, 0.2) is 0 Å². The highest BCUT2D eigenvalue weighted by molar-refractivity contribution is 6.31. The van der Waals surface area contributed by atoms with E-state index in [-0.39, 0.29) is 17.3 Å². The van der Waals surface area contributed by atoms with Gasteiger partial charge in [0.2, 0.25) is 0 Å². The van der Waals surface area contributed by atoms with Crippen LogP contribution < -0.4 is 15.8 Å². The van der Waals surface area contributed by atoms with E-state index in [1.807, 2.05) is 6.08 Å². The highest BCUT2D eigenvalue weighted by atomic mass is 35.5. The normalized spacial score (nSPS) is 15.1. The van der Waals surface area contributed by atoms with Gasteiger partial charge in [-0.25, -0.2) is 0 Å². The fraction of sp³-hybridized carbons (Fsp3) is 0.435. The molecule has 0 heterocycles. The van der Waals surface area contributed by atoms with Crippen molar-refractivity contribution in [3.8, 4) is 5.75 Å². The summed E-state index contributed by atoms with van der Waals surface area (Å²) in [4.78, 5) is 13.1. The van der Waals surface area contributed by atoms with Gasteiger partial charge < -0.3 is 20.9 Å². The number of anilines is 1. The molecule has 1 rings (SSSR count). The zero-order valence-corrected chi connectivity index (χ0v) is 18.7. The summed E-state index contributed by atoms with van der Waals surface area (Å²) < 4.78 is 5.29. The molecule has 0 saturated carbocycles. The Kier molecular flexibility index (Phi) is 10.6. The summed E-state index contributed by atoms with van der Waals surface area (Å²) >= 11 is 6.06. The molecule has 0 unspecified atom stereocenters. The maximum atomic E-state index is 13.1. The molecule has 0 aliphatic carbocycles. The van der Waals surface area contributed by atoms with E-state index in [2.05, 4.69) is 32.2 Å². The summed E-state index contributed by atoms with van der Waals surface area (Å²) in [5.74, 6) is 0.0297. The third kappa shape index (κ3) is 7.59. The number of nitrogens with two attached hydrogens (primary N) is 1. The number of aliphatic hydroxyl groups excluding tert-OH is 1. The number of amides is 1. The van der Waals surface area contributed by atoms with Gasteiger partial charge >= 0.3 is 0 Å². The molecule has 1 amide bonds. The molecule has 160 valence electrons. The third-order valence-electron chi connectivity index (χ3n) is 4.62. The largest absolute Gasteiger partial charge is 0.510 e. The monoisotopic (exact) mass is 420 g/mol. The molecule has 0 aliphatic rings. The maximum absolute atomic E-state index is 13.1. The minimum absolute atomic E-state index is 0.124. The van der Waals surface area contributed by atoms with Gasteiger partial charge in [0, 0.05) is 5.02 Å². The maximum Gasteiger partial charge on any atom is 0.259 e. The molecule has 1 aromatic carbocycles. The number of halogens is 1. The van der Waals surface area contributed by atoms with E-state index in [0.29, 0.717) is 16.5 Å². The first-order valence-corrected chi connectivity index (χ1v) is 10.3. The average Bonchev–Trinajstić information content (AvgIpc) is 2.69. The van der Waals surface area contributed by atoms with Crippen LogP contribution >= 0.6 is 11.6 Å². The number of rotatable bonds is 10. The van der Waals surface area contributed by atoms with Crippen molar-refractivity contribution in [2.45, 2.75) is 53.0 Å². The molecule has 6 heteroatoms. The van der Waals surface area contributed by atoms with Crippen LogP contribution in [0.5, 0.6) is 5.75 Å². The lowest BCUT2D eigenvalue weighted by Crippen LogP contribution is -2.24. The Labute approximate surface area is 179 Å². The Hall–Kier alpha value is -2.24. The summed E-state index contributed by atoms with van der Waals surface area (Å²) in [5, 5.41) is 13.8. The molecular weight excluding hydrogens is 388 g/mol. The number of carbonyl (C=O) groups is 1. The first kappa shape index (κ1) is 24.8. The zero-order chi connectivity index (χ0) is 22.0. The van der Waals surface area contributed by atoms with Crippen LogP contribution in [-0.2, 0) is 4.79 Å². The van der Waals surface area contributed by atoms with Crippen molar-refractivity contribution in [1.29, 1.82) is 0 Å². The van der Waals surface area contributed by atoms with Crippen LogP contribution in [-0.4, -0.2) is 24.2 Å². The van der Waals surface area contributed by atoms with Gasteiger partial charge in [-0.3, -0.25) is 4.79 Å². The Morgan fingerprint density at radius 2 is 2.03 bits per heavy atom. The van der Waals surface area contributed by atoms with E-state index < -0.39 is 11.9 Å². The van der Waals surface area contributed by atoms with Crippen LogP contribution in [0.4, 0.5) is 5.69 Å². The molecule has 0 fully saturated rings. The summed E-state index contributed by atoms with van der Waals surface area (Å²) in [6.07, 6.45) is 8.69. The average molecular weight is 421 g/mol. The summed E-state index contributed by atoms with van der Waals surface area (Å²) in [6.45, 7) is 7.90. The molecule has 0 saturated heterocycles. The number of carbonyl (C=O) groups excluding carboxylic acids is 1. The minimum Gasteiger partial charge on any atom is -0.510 e. The number of hydrogen-bond donors (Lipinski definition) is 3. The van der Waals surface area contributed by atoms with Crippen LogP contribution in [0.2, 0.25) is 5.02 Å². The standard InChI is InChI=1S/C23H33ClN2O3/c1-6-8-9-10-17(15(3)7-2)13-19(22(27)16(4)25)23(28)26-20-14-18(24)11-12-21(20)29-5/h9-16,27H,6-8,25H2,1-5H3,(H,26,28)/b10-9-,17-13-,22-19-/t15-,16-/m0/s1. The molecule has 0 aliphatic heterocycles. The number of hydrogen-bond acceptors (Lipinski definition) is 4. The van der Waals surface area contributed by atoms with Crippen LogP contribution in [0.1, 0.15) is 47.0 Å². The lowest BCUT2D eigenvalue weighted by Gasteiger charge is -2.16. The number of unbranched alkanes of at least 4 members (excludes halogenated alkanes) is 1. The number of allylic oxidation sites excluding steroid dienone is 3. The fourth-order valence-electron chi connectivity index (χ4n) is 2.61. The number of methoxy groups -OCH3 is 1. The SMILES string of the molecule is CCC\C=C/C(=C/C(C(=O)Nc1cc(Cl)ccc1OC)=C(/O)[C@H](C)N)[C@@H](C)CC. The van der Waals surface area contributed by atoms with E-state index >= 15 is 0 Å². The van der Waals surface area contributed by atoms with Gasteiger partial charge in [0.1, 0.15) is 11.5 Å². The van der Waals surface area contributed by atoms with Crippen molar-refractivity contribution < 1.29 is 14.6 Å². The zero-order valence-electron chi connectivity index (χ0n) is 18.0. The van der Waals surface area contributed by atoms with E-state index in [4.69, 9.17) is 22.1 Å². The predicted molar refractivity (Wildman–Crippen MR) is 122 cm³/mol. The van der Waals surface area contributed by atoms with E-state index in [9.17, 15) is 9.90 Å². The molecular formula is C23H33ClN2O3.